The van der Waals surface area contributed by atoms with Gasteiger partial charge in [0.25, 0.3) is 0 Å². The molecule has 0 aliphatic heterocycles. The molecule has 1 N–H and O–H groups in total. The third-order valence-electron chi connectivity index (χ3n) is 1.77. The summed E-state index contributed by atoms with van der Waals surface area (Å²) in [5, 5.41) is 8.91. The molecule has 0 unspecified atom stereocenters. The van der Waals surface area contributed by atoms with Crippen molar-refractivity contribution in [3.63, 3.8) is 0 Å². The number of aliphatic hydroxyl groups excluding tert-OH is 1. The highest BCUT2D eigenvalue weighted by atomic mass is 16.5. The third kappa shape index (κ3) is 6.32. The Bertz CT molecular complexity index is 89.6. The van der Waals surface area contributed by atoms with Crippen LogP contribution < -0.4 is 0 Å². The van der Waals surface area contributed by atoms with Gasteiger partial charge in [-0.05, 0) is 25.2 Å². The molecule has 0 aromatic rings. The summed E-state index contributed by atoms with van der Waals surface area (Å²) >= 11 is 0. The Balaban J connectivity index is 3.23. The fourth-order valence-electron chi connectivity index (χ4n) is 0.876. The Hall–Kier alpha value is -0.0800. The van der Waals surface area contributed by atoms with Gasteiger partial charge >= 0.3 is 0 Å². The molecule has 0 aliphatic rings. The van der Waals surface area contributed by atoms with Crippen molar-refractivity contribution < 1.29 is 9.84 Å². The molecule has 0 saturated heterocycles. The molecule has 0 spiro atoms. The molecular weight excluding hydrogens is 140 g/mol. The highest BCUT2D eigenvalue weighted by Gasteiger charge is 2.14. The molecule has 2 heteroatoms. The molecule has 0 atom stereocenters. The standard InChI is InChI=1S/C9H20O2/c1-4-11-7-5-6-9(2,3)8-10/h10H,4-8H2,1-3H3. The Kier molecular flexibility index (Phi) is 5.51. The molecule has 0 aromatic carbocycles. The lowest BCUT2D eigenvalue weighted by molar-refractivity contribution is 0.109. The molecule has 0 radical (unpaired) electrons. The zero-order chi connectivity index (χ0) is 8.74. The fraction of sp³-hybridized carbons (Fsp3) is 1.00. The molecule has 68 valence electrons. The van der Waals surface area contributed by atoms with E-state index in [1.807, 2.05) is 6.92 Å². The highest BCUT2D eigenvalue weighted by molar-refractivity contribution is 4.65. The van der Waals surface area contributed by atoms with Gasteiger partial charge in [-0.2, -0.15) is 0 Å². The molecule has 0 saturated carbocycles. The zero-order valence-corrected chi connectivity index (χ0v) is 7.89. The minimum Gasteiger partial charge on any atom is -0.396 e. The maximum absolute atomic E-state index is 8.91. The molecule has 0 aromatic heterocycles. The van der Waals surface area contributed by atoms with Crippen LogP contribution in [0.1, 0.15) is 33.6 Å². The first-order chi connectivity index (χ1) is 5.12. The van der Waals surface area contributed by atoms with Crippen LogP contribution in [0, 0.1) is 5.41 Å². The van der Waals surface area contributed by atoms with E-state index in [-0.39, 0.29) is 12.0 Å². The smallest absolute Gasteiger partial charge is 0.0482 e. The van der Waals surface area contributed by atoms with Crippen LogP contribution in [0.25, 0.3) is 0 Å². The fourth-order valence-corrected chi connectivity index (χ4v) is 0.876. The Morgan fingerprint density at radius 3 is 2.45 bits per heavy atom. The molecule has 0 heterocycles. The zero-order valence-electron chi connectivity index (χ0n) is 7.89. The van der Waals surface area contributed by atoms with Crippen LogP contribution in [-0.2, 0) is 4.74 Å². The lowest BCUT2D eigenvalue weighted by atomic mass is 9.89. The highest BCUT2D eigenvalue weighted by Crippen LogP contribution is 2.20. The van der Waals surface area contributed by atoms with E-state index < -0.39 is 0 Å². The predicted octanol–water partition coefficient (Wildman–Crippen LogP) is 1.82. The Morgan fingerprint density at radius 1 is 1.36 bits per heavy atom. The first kappa shape index (κ1) is 10.9. The SMILES string of the molecule is CCOCCCC(C)(C)CO. The largest absolute Gasteiger partial charge is 0.396 e. The summed E-state index contributed by atoms with van der Waals surface area (Å²) in [5.74, 6) is 0. The third-order valence-corrected chi connectivity index (χ3v) is 1.77. The monoisotopic (exact) mass is 160 g/mol. The molecular formula is C9H20O2. The van der Waals surface area contributed by atoms with Gasteiger partial charge in [0.1, 0.15) is 0 Å². The lowest BCUT2D eigenvalue weighted by Gasteiger charge is -2.20. The van der Waals surface area contributed by atoms with Crippen LogP contribution in [0.15, 0.2) is 0 Å². The van der Waals surface area contributed by atoms with E-state index in [0.717, 1.165) is 26.1 Å². The topological polar surface area (TPSA) is 29.5 Å². The second-order valence-electron chi connectivity index (χ2n) is 3.62. The summed E-state index contributed by atoms with van der Waals surface area (Å²) in [6.45, 7) is 8.01. The van der Waals surface area contributed by atoms with Gasteiger partial charge in [-0.3, -0.25) is 0 Å². The summed E-state index contributed by atoms with van der Waals surface area (Å²) in [6.07, 6.45) is 2.07. The van der Waals surface area contributed by atoms with Crippen molar-refractivity contribution in [2.45, 2.75) is 33.6 Å². The number of hydrogen-bond donors (Lipinski definition) is 1. The number of rotatable bonds is 6. The molecule has 0 amide bonds. The molecule has 0 fully saturated rings. The number of aliphatic hydroxyl groups is 1. The van der Waals surface area contributed by atoms with Crippen molar-refractivity contribution >= 4 is 0 Å². The summed E-state index contributed by atoms with van der Waals surface area (Å²) < 4.78 is 5.19. The van der Waals surface area contributed by atoms with E-state index in [4.69, 9.17) is 9.84 Å². The van der Waals surface area contributed by atoms with Crippen LogP contribution >= 0.6 is 0 Å². The van der Waals surface area contributed by atoms with E-state index >= 15 is 0 Å². The van der Waals surface area contributed by atoms with Crippen LogP contribution in [0.2, 0.25) is 0 Å². The van der Waals surface area contributed by atoms with Crippen molar-refractivity contribution in [3.8, 4) is 0 Å². The Labute approximate surface area is 69.6 Å². The van der Waals surface area contributed by atoms with Gasteiger partial charge in [-0.15, -0.1) is 0 Å². The van der Waals surface area contributed by atoms with Gasteiger partial charge in [-0.1, -0.05) is 13.8 Å². The van der Waals surface area contributed by atoms with Crippen molar-refractivity contribution in [1.82, 2.24) is 0 Å². The maximum atomic E-state index is 8.91. The lowest BCUT2D eigenvalue weighted by Crippen LogP contribution is -2.17. The van der Waals surface area contributed by atoms with Crippen molar-refractivity contribution in [2.24, 2.45) is 5.41 Å². The van der Waals surface area contributed by atoms with Gasteiger partial charge in [0, 0.05) is 19.8 Å². The normalized spacial score (nSPS) is 12.0. The summed E-state index contributed by atoms with van der Waals surface area (Å²) in [6, 6.07) is 0. The molecule has 0 bridgehead atoms. The van der Waals surface area contributed by atoms with Crippen molar-refractivity contribution in [2.75, 3.05) is 19.8 Å². The van der Waals surface area contributed by atoms with E-state index in [2.05, 4.69) is 13.8 Å². The number of ether oxygens (including phenoxy) is 1. The van der Waals surface area contributed by atoms with Gasteiger partial charge in [-0.25, -0.2) is 0 Å². The maximum Gasteiger partial charge on any atom is 0.0482 e. The average molecular weight is 160 g/mol. The Morgan fingerprint density at radius 2 is 2.00 bits per heavy atom. The summed E-state index contributed by atoms with van der Waals surface area (Å²) in [7, 11) is 0. The van der Waals surface area contributed by atoms with Crippen LogP contribution in [0.5, 0.6) is 0 Å². The van der Waals surface area contributed by atoms with E-state index in [1.165, 1.54) is 0 Å². The predicted molar refractivity (Wildman–Crippen MR) is 46.6 cm³/mol. The van der Waals surface area contributed by atoms with Gasteiger partial charge < -0.3 is 9.84 Å². The number of hydrogen-bond acceptors (Lipinski definition) is 2. The first-order valence-corrected chi connectivity index (χ1v) is 4.31. The first-order valence-electron chi connectivity index (χ1n) is 4.31. The summed E-state index contributed by atoms with van der Waals surface area (Å²) in [5.41, 5.74) is 0.0666. The molecule has 0 aliphatic carbocycles. The van der Waals surface area contributed by atoms with Crippen LogP contribution in [0.3, 0.4) is 0 Å². The average Bonchev–Trinajstić information content (AvgIpc) is 1.99. The summed E-state index contributed by atoms with van der Waals surface area (Å²) in [4.78, 5) is 0. The minimum absolute atomic E-state index is 0.0666. The van der Waals surface area contributed by atoms with Crippen molar-refractivity contribution in [3.05, 3.63) is 0 Å². The van der Waals surface area contributed by atoms with E-state index in [1.54, 1.807) is 0 Å². The molecule has 2 nitrogen and oxygen atoms in total. The van der Waals surface area contributed by atoms with Gasteiger partial charge in [0.05, 0.1) is 0 Å². The second kappa shape index (κ2) is 5.56. The van der Waals surface area contributed by atoms with Crippen molar-refractivity contribution in [1.29, 1.82) is 0 Å². The molecule has 11 heavy (non-hydrogen) atoms. The van der Waals surface area contributed by atoms with E-state index in [0.29, 0.717) is 0 Å². The van der Waals surface area contributed by atoms with Crippen LogP contribution in [0.4, 0.5) is 0 Å². The van der Waals surface area contributed by atoms with Crippen LogP contribution in [-0.4, -0.2) is 24.9 Å². The quantitative estimate of drug-likeness (QED) is 0.601. The molecule has 0 rings (SSSR count). The second-order valence-corrected chi connectivity index (χ2v) is 3.62. The van der Waals surface area contributed by atoms with Gasteiger partial charge in [0.15, 0.2) is 0 Å². The van der Waals surface area contributed by atoms with E-state index in [9.17, 15) is 0 Å². The minimum atomic E-state index is 0.0666. The van der Waals surface area contributed by atoms with Gasteiger partial charge in [0.2, 0.25) is 0 Å².